The van der Waals surface area contributed by atoms with Gasteiger partial charge in [-0.2, -0.15) is 0 Å². The van der Waals surface area contributed by atoms with Gasteiger partial charge in [0, 0.05) is 5.69 Å². The fourth-order valence-corrected chi connectivity index (χ4v) is 4.51. The monoisotopic (exact) mass is 443 g/mol. The summed E-state index contributed by atoms with van der Waals surface area (Å²) in [6.45, 7) is 4.02. The first-order valence-electron chi connectivity index (χ1n) is 9.19. The first kappa shape index (κ1) is 21.8. The molecule has 1 aromatic heterocycles. The molecule has 0 saturated heterocycles. The molecular weight excluding hydrogens is 422 g/mol. The van der Waals surface area contributed by atoms with Gasteiger partial charge in [0.1, 0.15) is 0 Å². The Hall–Kier alpha value is -2.91. The van der Waals surface area contributed by atoms with E-state index in [1.54, 1.807) is 36.4 Å². The van der Waals surface area contributed by atoms with Gasteiger partial charge in [-0.3, -0.25) is 9.59 Å². The number of carbonyl (C=O) groups is 1. The number of hydrogen-bond acceptors (Lipinski definition) is 6. The summed E-state index contributed by atoms with van der Waals surface area (Å²) in [4.78, 5) is 30.4. The van der Waals surface area contributed by atoms with Gasteiger partial charge in [0.2, 0.25) is 15.7 Å². The van der Waals surface area contributed by atoms with Crippen molar-refractivity contribution >= 4 is 33.2 Å². The Bertz CT molecular complexity index is 1190. The van der Waals surface area contributed by atoms with Crippen LogP contribution in [0.5, 0.6) is 0 Å². The highest BCUT2D eigenvalue weighted by Gasteiger charge is 2.22. The van der Waals surface area contributed by atoms with E-state index in [4.69, 9.17) is 0 Å². The third-order valence-electron chi connectivity index (χ3n) is 4.29. The van der Waals surface area contributed by atoms with Gasteiger partial charge in [-0.15, -0.1) is 0 Å². The van der Waals surface area contributed by atoms with Crippen LogP contribution in [0.4, 0.5) is 5.69 Å². The number of benzene rings is 2. The maximum Gasteiger partial charge on any atom is 0.270 e. The third kappa shape index (κ3) is 5.17. The fraction of sp³-hybridized carbons (Fsp3) is 0.190. The summed E-state index contributed by atoms with van der Waals surface area (Å²) in [6, 6.07) is 15.4. The predicted molar refractivity (Wildman–Crippen MR) is 117 cm³/mol. The molecule has 0 aliphatic rings. The van der Waals surface area contributed by atoms with E-state index < -0.39 is 20.3 Å². The lowest BCUT2D eigenvalue weighted by atomic mass is 10.0. The number of sulfone groups is 1. The number of nitrogens with one attached hydrogen (secondary N) is 2. The van der Waals surface area contributed by atoms with E-state index in [0.717, 1.165) is 23.5 Å². The molecule has 0 fully saturated rings. The molecule has 1 amide bonds. The summed E-state index contributed by atoms with van der Waals surface area (Å²) < 4.78 is 25.6. The molecule has 0 atom stereocenters. The Morgan fingerprint density at radius 1 is 1.10 bits per heavy atom. The molecular formula is C21H21N3O4S2. The molecule has 3 aromatic rings. The molecule has 0 unspecified atom stereocenters. The van der Waals surface area contributed by atoms with E-state index in [9.17, 15) is 18.0 Å². The fourth-order valence-electron chi connectivity index (χ4n) is 2.64. The lowest BCUT2D eigenvalue weighted by Gasteiger charge is -2.08. The molecule has 0 spiro atoms. The van der Waals surface area contributed by atoms with Crippen LogP contribution in [0.15, 0.2) is 80.5 Å². The zero-order valence-corrected chi connectivity index (χ0v) is 18.1. The van der Waals surface area contributed by atoms with Crippen molar-refractivity contribution in [3.05, 3.63) is 76.7 Å². The Balaban J connectivity index is 1.71. The summed E-state index contributed by atoms with van der Waals surface area (Å²) in [5, 5.41) is 2.89. The smallest absolute Gasteiger partial charge is 0.270 e. The molecule has 0 aliphatic heterocycles. The van der Waals surface area contributed by atoms with E-state index >= 15 is 0 Å². The normalized spacial score (nSPS) is 11.4. The molecule has 2 N–H and O–H groups in total. The van der Waals surface area contributed by atoms with Crippen LogP contribution in [0, 0.1) is 0 Å². The van der Waals surface area contributed by atoms with Crippen LogP contribution < -0.4 is 10.9 Å². The van der Waals surface area contributed by atoms with Gasteiger partial charge in [-0.25, -0.2) is 13.4 Å². The molecule has 0 aliphatic carbocycles. The van der Waals surface area contributed by atoms with Gasteiger partial charge >= 0.3 is 0 Å². The Kier molecular flexibility index (Phi) is 6.73. The first-order valence-corrected chi connectivity index (χ1v) is 11.7. The van der Waals surface area contributed by atoms with Gasteiger partial charge in [0.25, 0.3) is 5.56 Å². The summed E-state index contributed by atoms with van der Waals surface area (Å²) in [7, 11) is -4.00. The standard InChI is InChI=1S/C21H21N3O4S2/c1-14(2)15-8-10-17(11-9-15)30(27,28)18-12-22-21(24-20(18)26)29-13-19(25)23-16-6-4-3-5-7-16/h3-12,14H,13H2,1-2H3,(H,23,25)(H,22,24,26). The molecule has 0 saturated carbocycles. The van der Waals surface area contributed by atoms with Gasteiger partial charge in [0.15, 0.2) is 10.1 Å². The minimum Gasteiger partial charge on any atom is -0.325 e. The van der Waals surface area contributed by atoms with Crippen molar-refractivity contribution in [1.82, 2.24) is 9.97 Å². The van der Waals surface area contributed by atoms with E-state index in [-0.39, 0.29) is 27.6 Å². The molecule has 2 aromatic carbocycles. The zero-order valence-electron chi connectivity index (χ0n) is 16.5. The molecule has 3 rings (SSSR count). The lowest BCUT2D eigenvalue weighted by Crippen LogP contribution is -2.20. The van der Waals surface area contributed by atoms with E-state index in [0.29, 0.717) is 5.69 Å². The second kappa shape index (κ2) is 9.27. The van der Waals surface area contributed by atoms with Crippen molar-refractivity contribution in [3.63, 3.8) is 0 Å². The highest BCUT2D eigenvalue weighted by molar-refractivity contribution is 7.99. The molecule has 1 heterocycles. The molecule has 7 nitrogen and oxygen atoms in total. The number of anilines is 1. The first-order chi connectivity index (χ1) is 14.3. The van der Waals surface area contributed by atoms with Crippen molar-refractivity contribution in [3.8, 4) is 0 Å². The third-order valence-corrected chi connectivity index (χ3v) is 6.94. The van der Waals surface area contributed by atoms with E-state index in [1.165, 1.54) is 12.1 Å². The van der Waals surface area contributed by atoms with E-state index in [1.807, 2.05) is 19.9 Å². The van der Waals surface area contributed by atoms with Crippen molar-refractivity contribution in [2.45, 2.75) is 34.7 Å². The maximum absolute atomic E-state index is 12.8. The van der Waals surface area contributed by atoms with Crippen molar-refractivity contribution in [2.75, 3.05) is 11.1 Å². The van der Waals surface area contributed by atoms with Crippen molar-refractivity contribution in [2.24, 2.45) is 0 Å². The number of rotatable bonds is 7. The van der Waals surface area contributed by atoms with Gasteiger partial charge in [-0.1, -0.05) is 55.9 Å². The van der Waals surface area contributed by atoms with E-state index in [2.05, 4.69) is 15.3 Å². The highest BCUT2D eigenvalue weighted by atomic mass is 32.2. The Morgan fingerprint density at radius 2 is 1.77 bits per heavy atom. The van der Waals surface area contributed by atoms with Crippen molar-refractivity contribution < 1.29 is 13.2 Å². The largest absolute Gasteiger partial charge is 0.325 e. The quantitative estimate of drug-likeness (QED) is 0.428. The number of aromatic amines is 1. The highest BCUT2D eigenvalue weighted by Crippen LogP contribution is 2.22. The van der Waals surface area contributed by atoms with Crippen LogP contribution in [0.1, 0.15) is 25.3 Å². The number of carbonyl (C=O) groups excluding carboxylic acids is 1. The number of aromatic nitrogens is 2. The van der Waals surface area contributed by atoms with Crippen molar-refractivity contribution in [1.29, 1.82) is 0 Å². The van der Waals surface area contributed by atoms with Crippen LogP contribution in [0.25, 0.3) is 0 Å². The van der Waals surface area contributed by atoms with Crippen LogP contribution in [-0.2, 0) is 14.6 Å². The van der Waals surface area contributed by atoms with Gasteiger partial charge in [0.05, 0.1) is 16.8 Å². The molecule has 156 valence electrons. The number of thioether (sulfide) groups is 1. The van der Waals surface area contributed by atoms with Crippen LogP contribution in [0.2, 0.25) is 0 Å². The van der Waals surface area contributed by atoms with Crippen LogP contribution >= 0.6 is 11.8 Å². The molecule has 0 radical (unpaired) electrons. The topological polar surface area (TPSA) is 109 Å². The summed E-state index contributed by atoms with van der Waals surface area (Å²) >= 11 is 1.01. The predicted octanol–water partition coefficient (Wildman–Crippen LogP) is 3.46. The number of nitrogens with zero attached hydrogens (tertiary/aromatic N) is 1. The second-order valence-electron chi connectivity index (χ2n) is 6.81. The average Bonchev–Trinajstić information content (AvgIpc) is 2.73. The van der Waals surface area contributed by atoms with Crippen LogP contribution in [0.3, 0.4) is 0 Å². The molecule has 30 heavy (non-hydrogen) atoms. The average molecular weight is 444 g/mol. The summed E-state index contributed by atoms with van der Waals surface area (Å²) in [5.41, 5.74) is 0.889. The number of amides is 1. The number of H-pyrrole nitrogens is 1. The molecule has 0 bridgehead atoms. The van der Waals surface area contributed by atoms with Gasteiger partial charge in [-0.05, 0) is 35.7 Å². The number of hydrogen-bond donors (Lipinski definition) is 2. The zero-order chi connectivity index (χ0) is 21.7. The van der Waals surface area contributed by atoms with Gasteiger partial charge < -0.3 is 10.3 Å². The Labute approximate surface area is 178 Å². The minimum atomic E-state index is -4.00. The second-order valence-corrected chi connectivity index (χ2v) is 9.69. The minimum absolute atomic E-state index is 0.0145. The maximum atomic E-state index is 12.8. The SMILES string of the molecule is CC(C)c1ccc(S(=O)(=O)c2cnc(SCC(=O)Nc3ccccc3)[nH]c2=O)cc1. The lowest BCUT2D eigenvalue weighted by molar-refractivity contribution is -0.113. The number of para-hydroxylation sites is 1. The molecule has 9 heteroatoms. The summed E-state index contributed by atoms with van der Waals surface area (Å²) in [5.74, 6) is 0.0126. The van der Waals surface area contributed by atoms with Crippen LogP contribution in [-0.4, -0.2) is 30.0 Å². The summed E-state index contributed by atoms with van der Waals surface area (Å²) in [6.07, 6.45) is 1.03. The Morgan fingerprint density at radius 3 is 2.37 bits per heavy atom.